The zero-order chi connectivity index (χ0) is 11.3. The summed E-state index contributed by atoms with van der Waals surface area (Å²) in [6.07, 6.45) is 0.185. The maximum atomic E-state index is 10.7. The van der Waals surface area contributed by atoms with E-state index >= 15 is 0 Å². The van der Waals surface area contributed by atoms with Gasteiger partial charge in [0.2, 0.25) is 0 Å². The Labute approximate surface area is 90.4 Å². The van der Waals surface area contributed by atoms with Crippen LogP contribution < -0.4 is 5.32 Å². The van der Waals surface area contributed by atoms with Crippen LogP contribution in [0.4, 0.5) is 0 Å². The van der Waals surface area contributed by atoms with Gasteiger partial charge in [0.15, 0.2) is 0 Å². The Morgan fingerprint density at radius 3 is 3.07 bits per heavy atom. The minimum Gasteiger partial charge on any atom is -0.481 e. The molecule has 0 aromatic rings. The summed E-state index contributed by atoms with van der Waals surface area (Å²) < 4.78 is 5.54. The van der Waals surface area contributed by atoms with Crippen LogP contribution in [-0.2, 0) is 9.53 Å². The molecular weight excluding hydrogens is 196 g/mol. The average molecular weight is 216 g/mol. The van der Waals surface area contributed by atoms with Crippen LogP contribution in [0.5, 0.6) is 0 Å². The van der Waals surface area contributed by atoms with Crippen LogP contribution in [-0.4, -0.2) is 61.9 Å². The lowest BCUT2D eigenvalue weighted by Gasteiger charge is -2.33. The minimum absolute atomic E-state index is 0.185. The summed E-state index contributed by atoms with van der Waals surface area (Å²) in [4.78, 5) is 12.9. The smallest absolute Gasteiger partial charge is 0.307 e. The van der Waals surface area contributed by atoms with E-state index in [0.717, 1.165) is 19.6 Å². The number of morpholine rings is 1. The largest absolute Gasteiger partial charge is 0.481 e. The average Bonchev–Trinajstić information content (AvgIpc) is 2.18. The first-order valence-corrected chi connectivity index (χ1v) is 5.35. The molecule has 88 valence electrons. The van der Waals surface area contributed by atoms with Gasteiger partial charge in [0.25, 0.3) is 0 Å². The molecule has 5 nitrogen and oxygen atoms in total. The van der Waals surface area contributed by atoms with E-state index < -0.39 is 5.97 Å². The Morgan fingerprint density at radius 1 is 1.73 bits per heavy atom. The summed E-state index contributed by atoms with van der Waals surface area (Å²) in [7, 11) is 1.89. The summed E-state index contributed by atoms with van der Waals surface area (Å²) in [6.45, 7) is 5.51. The molecule has 0 aromatic carbocycles. The van der Waals surface area contributed by atoms with Crippen LogP contribution in [0, 0.1) is 5.92 Å². The summed E-state index contributed by atoms with van der Waals surface area (Å²) >= 11 is 0. The van der Waals surface area contributed by atoms with Crippen molar-refractivity contribution in [3.05, 3.63) is 0 Å². The van der Waals surface area contributed by atoms with Crippen LogP contribution >= 0.6 is 0 Å². The fraction of sp³-hybridized carbons (Fsp3) is 0.900. The van der Waals surface area contributed by atoms with E-state index in [4.69, 9.17) is 9.84 Å². The second kappa shape index (κ2) is 6.05. The number of likely N-dealkylation sites (N-methyl/N-ethyl adjacent to an activating group) is 1. The minimum atomic E-state index is -0.730. The molecule has 0 saturated carbocycles. The number of hydrogen-bond donors (Lipinski definition) is 2. The first-order valence-electron chi connectivity index (χ1n) is 5.35. The highest BCUT2D eigenvalue weighted by atomic mass is 16.5. The molecule has 1 fully saturated rings. The van der Waals surface area contributed by atoms with Crippen molar-refractivity contribution in [3.63, 3.8) is 0 Å². The summed E-state index contributed by atoms with van der Waals surface area (Å²) in [5.74, 6) is -1.04. The van der Waals surface area contributed by atoms with Crippen molar-refractivity contribution in [3.8, 4) is 0 Å². The van der Waals surface area contributed by atoms with Crippen LogP contribution in [0.2, 0.25) is 0 Å². The third kappa shape index (κ3) is 4.15. The molecule has 15 heavy (non-hydrogen) atoms. The maximum Gasteiger partial charge on any atom is 0.307 e. The van der Waals surface area contributed by atoms with E-state index in [1.165, 1.54) is 0 Å². The number of nitrogens with one attached hydrogen (secondary N) is 1. The third-order valence-electron chi connectivity index (χ3n) is 2.61. The Balaban J connectivity index is 2.32. The monoisotopic (exact) mass is 216 g/mol. The van der Waals surface area contributed by atoms with Gasteiger partial charge in [-0.25, -0.2) is 0 Å². The van der Waals surface area contributed by atoms with Gasteiger partial charge in [-0.15, -0.1) is 0 Å². The highest BCUT2D eigenvalue weighted by molar-refractivity contribution is 5.69. The molecule has 0 radical (unpaired) electrons. The van der Waals surface area contributed by atoms with Crippen LogP contribution in [0.25, 0.3) is 0 Å². The van der Waals surface area contributed by atoms with Crippen molar-refractivity contribution >= 4 is 5.97 Å². The van der Waals surface area contributed by atoms with Crippen molar-refractivity contribution in [2.75, 3.05) is 39.8 Å². The fourth-order valence-corrected chi connectivity index (χ4v) is 1.76. The van der Waals surface area contributed by atoms with E-state index in [1.807, 2.05) is 7.05 Å². The highest BCUT2D eigenvalue weighted by Gasteiger charge is 2.23. The molecule has 0 bridgehead atoms. The third-order valence-corrected chi connectivity index (χ3v) is 2.61. The van der Waals surface area contributed by atoms with Gasteiger partial charge in [0.05, 0.1) is 18.6 Å². The normalized spacial score (nSPS) is 25.1. The van der Waals surface area contributed by atoms with Crippen LogP contribution in [0.3, 0.4) is 0 Å². The van der Waals surface area contributed by atoms with Gasteiger partial charge in [-0.3, -0.25) is 9.69 Å². The molecule has 2 N–H and O–H groups in total. The molecule has 5 heteroatoms. The van der Waals surface area contributed by atoms with Crippen molar-refractivity contribution in [1.82, 2.24) is 10.2 Å². The molecule has 2 atom stereocenters. The summed E-state index contributed by atoms with van der Waals surface area (Å²) in [5, 5.41) is 11.9. The summed E-state index contributed by atoms with van der Waals surface area (Å²) in [5.41, 5.74) is 0. The second-order valence-electron chi connectivity index (χ2n) is 4.05. The van der Waals surface area contributed by atoms with Gasteiger partial charge in [0, 0.05) is 26.2 Å². The summed E-state index contributed by atoms with van der Waals surface area (Å²) in [6, 6.07) is 0. The highest BCUT2D eigenvalue weighted by Crippen LogP contribution is 2.07. The molecule has 0 amide bonds. The number of hydrogen-bond acceptors (Lipinski definition) is 4. The van der Waals surface area contributed by atoms with Gasteiger partial charge < -0.3 is 15.2 Å². The predicted molar refractivity (Wildman–Crippen MR) is 56.9 cm³/mol. The lowest BCUT2D eigenvalue weighted by Crippen LogP contribution is -2.48. The van der Waals surface area contributed by atoms with Crippen molar-refractivity contribution in [2.45, 2.75) is 13.0 Å². The molecule has 1 aliphatic rings. The zero-order valence-corrected chi connectivity index (χ0v) is 9.40. The standard InChI is InChI=1S/C10H20N2O3/c1-8(10(13)14)6-12-3-4-15-9(7-12)5-11-2/h8-9,11H,3-7H2,1-2H3,(H,13,14). The second-order valence-corrected chi connectivity index (χ2v) is 4.05. The number of carboxylic acids is 1. The van der Waals surface area contributed by atoms with E-state index in [2.05, 4.69) is 10.2 Å². The van der Waals surface area contributed by atoms with E-state index in [1.54, 1.807) is 6.92 Å². The number of carboxylic acid groups (broad SMARTS) is 1. The van der Waals surface area contributed by atoms with Crippen molar-refractivity contribution < 1.29 is 14.6 Å². The van der Waals surface area contributed by atoms with Crippen LogP contribution in [0.15, 0.2) is 0 Å². The molecule has 0 aliphatic carbocycles. The molecule has 0 spiro atoms. The Bertz CT molecular complexity index is 209. The maximum absolute atomic E-state index is 10.7. The van der Waals surface area contributed by atoms with Gasteiger partial charge >= 0.3 is 5.97 Å². The first-order chi connectivity index (χ1) is 7.13. The first kappa shape index (κ1) is 12.4. The Hall–Kier alpha value is -0.650. The van der Waals surface area contributed by atoms with E-state index in [9.17, 15) is 4.79 Å². The molecule has 1 rings (SSSR count). The van der Waals surface area contributed by atoms with Crippen molar-refractivity contribution in [1.29, 1.82) is 0 Å². The van der Waals surface area contributed by atoms with Gasteiger partial charge in [-0.2, -0.15) is 0 Å². The predicted octanol–water partition coefficient (Wildman–Crippen LogP) is -0.373. The number of nitrogens with zero attached hydrogens (tertiary/aromatic N) is 1. The number of aliphatic carboxylic acids is 1. The van der Waals surface area contributed by atoms with E-state index in [0.29, 0.717) is 13.2 Å². The zero-order valence-electron chi connectivity index (χ0n) is 9.40. The van der Waals surface area contributed by atoms with Gasteiger partial charge in [0.1, 0.15) is 0 Å². The Morgan fingerprint density at radius 2 is 2.47 bits per heavy atom. The topological polar surface area (TPSA) is 61.8 Å². The SMILES string of the molecule is CNCC1CN(CC(C)C(=O)O)CCO1. The molecule has 1 aliphatic heterocycles. The van der Waals surface area contributed by atoms with Crippen molar-refractivity contribution in [2.24, 2.45) is 5.92 Å². The number of carbonyl (C=O) groups is 1. The quantitative estimate of drug-likeness (QED) is 0.656. The fourth-order valence-electron chi connectivity index (χ4n) is 1.76. The molecule has 2 unspecified atom stereocenters. The number of rotatable bonds is 5. The molecular formula is C10H20N2O3. The van der Waals surface area contributed by atoms with Gasteiger partial charge in [-0.05, 0) is 7.05 Å². The Kier molecular flexibility index (Phi) is 5.01. The lowest BCUT2D eigenvalue weighted by atomic mass is 10.1. The van der Waals surface area contributed by atoms with Gasteiger partial charge in [-0.1, -0.05) is 6.92 Å². The molecule has 1 saturated heterocycles. The molecule has 0 aromatic heterocycles. The lowest BCUT2D eigenvalue weighted by molar-refractivity contribution is -0.142. The molecule has 1 heterocycles. The number of ether oxygens (including phenoxy) is 1. The van der Waals surface area contributed by atoms with Crippen LogP contribution in [0.1, 0.15) is 6.92 Å². The van der Waals surface area contributed by atoms with E-state index in [-0.39, 0.29) is 12.0 Å².